The number of aromatic nitrogens is 4. The molecule has 0 aliphatic heterocycles. The van der Waals surface area contributed by atoms with Crippen LogP contribution in [0.3, 0.4) is 0 Å². The maximum atomic E-state index is 12.9. The Morgan fingerprint density at radius 3 is 2.55 bits per heavy atom. The van der Waals surface area contributed by atoms with Gasteiger partial charge in [-0.25, -0.2) is 4.68 Å². The van der Waals surface area contributed by atoms with Crippen LogP contribution in [-0.2, 0) is 6.18 Å². The van der Waals surface area contributed by atoms with Crippen LogP contribution in [0.25, 0.3) is 16.8 Å². The van der Waals surface area contributed by atoms with Crippen molar-refractivity contribution in [1.29, 1.82) is 0 Å². The summed E-state index contributed by atoms with van der Waals surface area (Å²) in [6.07, 6.45) is -1.72. The summed E-state index contributed by atoms with van der Waals surface area (Å²) >= 11 is 6.11. The third-order valence-corrected chi connectivity index (χ3v) is 4.64. The molecule has 2 heterocycles. The molecule has 29 heavy (non-hydrogen) atoms. The zero-order valence-corrected chi connectivity index (χ0v) is 16.3. The Hall–Kier alpha value is -2.81. The average Bonchev–Trinajstić information content (AvgIpc) is 3.17. The van der Waals surface area contributed by atoms with E-state index in [4.69, 9.17) is 16.3 Å². The Morgan fingerprint density at radius 1 is 1.24 bits per heavy atom. The van der Waals surface area contributed by atoms with Crippen molar-refractivity contribution < 1.29 is 17.9 Å². The molecule has 1 unspecified atom stereocenters. The van der Waals surface area contributed by atoms with Crippen molar-refractivity contribution in [2.45, 2.75) is 25.6 Å². The zero-order chi connectivity index (χ0) is 21.3. The second kappa shape index (κ2) is 7.90. The van der Waals surface area contributed by atoms with Gasteiger partial charge >= 0.3 is 6.18 Å². The molecule has 0 saturated heterocycles. The van der Waals surface area contributed by atoms with Crippen LogP contribution in [0.5, 0.6) is 5.75 Å². The summed E-state index contributed by atoms with van der Waals surface area (Å²) in [6, 6.07) is 5.56. The van der Waals surface area contributed by atoms with Crippen molar-refractivity contribution in [2.75, 3.05) is 7.11 Å². The summed E-state index contributed by atoms with van der Waals surface area (Å²) in [5, 5.41) is 7.08. The number of methoxy groups -OCH3 is 1. The Balaban J connectivity index is 2.22. The van der Waals surface area contributed by atoms with Crippen LogP contribution >= 0.6 is 11.6 Å². The van der Waals surface area contributed by atoms with E-state index in [1.165, 1.54) is 42.1 Å². The normalized spacial score (nSPS) is 12.8. The highest BCUT2D eigenvalue weighted by Gasteiger charge is 2.34. The highest BCUT2D eigenvalue weighted by atomic mass is 35.5. The topological polar surface area (TPSA) is 61.9 Å². The van der Waals surface area contributed by atoms with Gasteiger partial charge in [0.05, 0.1) is 25.2 Å². The van der Waals surface area contributed by atoms with Gasteiger partial charge in [-0.05, 0) is 31.5 Å². The Labute approximate surface area is 169 Å². The quantitative estimate of drug-likeness (QED) is 0.601. The number of rotatable bonds is 5. The second-order valence-electron chi connectivity index (χ2n) is 6.27. The van der Waals surface area contributed by atoms with Gasteiger partial charge < -0.3 is 9.30 Å². The number of alkyl halides is 3. The molecule has 1 radical (unpaired) electrons. The van der Waals surface area contributed by atoms with Crippen LogP contribution in [0.1, 0.15) is 25.1 Å². The number of ether oxygens (including phenoxy) is 1. The highest BCUT2D eigenvalue weighted by Crippen LogP contribution is 2.36. The molecule has 0 N–H and O–H groups in total. The lowest BCUT2D eigenvalue weighted by Gasteiger charge is -2.18. The summed E-state index contributed by atoms with van der Waals surface area (Å²) in [7, 11) is 1.43. The van der Waals surface area contributed by atoms with E-state index in [0.29, 0.717) is 28.3 Å². The molecule has 1 aromatic carbocycles. The largest absolute Gasteiger partial charge is 0.495 e. The lowest BCUT2D eigenvalue weighted by atomic mass is 10.0. The van der Waals surface area contributed by atoms with Crippen molar-refractivity contribution >= 4 is 11.6 Å². The molecular formula is C19H17ClF3N4O2. The van der Waals surface area contributed by atoms with Gasteiger partial charge in [-0.2, -0.15) is 13.2 Å². The monoisotopic (exact) mass is 425 g/mol. The van der Waals surface area contributed by atoms with E-state index < -0.39 is 11.9 Å². The molecular weight excluding hydrogens is 409 g/mol. The van der Waals surface area contributed by atoms with Crippen molar-refractivity contribution in [3.8, 4) is 22.6 Å². The predicted molar refractivity (Wildman–Crippen MR) is 102 cm³/mol. The standard InChI is InChI=1S/C19H17ClF3N4O2/c1-4-11(2)26-9-16(29-3)14(8-18(26)28)13-7-12(20)5-6-15(13)27-10-17(24-25-27)19(21,22)23/h5-11H,2,4H2,1,3H3. The van der Waals surface area contributed by atoms with Crippen LogP contribution in [-0.4, -0.2) is 26.7 Å². The summed E-state index contributed by atoms with van der Waals surface area (Å²) < 4.78 is 46.6. The molecule has 153 valence electrons. The van der Waals surface area contributed by atoms with Crippen molar-refractivity contribution in [3.63, 3.8) is 0 Å². The van der Waals surface area contributed by atoms with Crippen molar-refractivity contribution in [2.24, 2.45) is 0 Å². The van der Waals surface area contributed by atoms with Gasteiger partial charge in [-0.3, -0.25) is 4.79 Å². The first kappa shape index (κ1) is 20.9. The van der Waals surface area contributed by atoms with E-state index in [2.05, 4.69) is 17.2 Å². The zero-order valence-electron chi connectivity index (χ0n) is 15.6. The van der Waals surface area contributed by atoms with E-state index in [9.17, 15) is 18.0 Å². The van der Waals surface area contributed by atoms with E-state index in [1.54, 1.807) is 0 Å². The number of benzene rings is 1. The van der Waals surface area contributed by atoms with Crippen LogP contribution in [0, 0.1) is 6.92 Å². The molecule has 0 saturated carbocycles. The predicted octanol–water partition coefficient (Wildman–Crippen LogP) is 4.56. The van der Waals surface area contributed by atoms with E-state index in [-0.39, 0.29) is 17.3 Å². The minimum atomic E-state index is -4.63. The summed E-state index contributed by atoms with van der Waals surface area (Å²) in [6.45, 7) is 5.82. The first-order valence-corrected chi connectivity index (χ1v) is 8.96. The van der Waals surface area contributed by atoms with E-state index in [0.717, 1.165) is 10.9 Å². The number of nitrogens with zero attached hydrogens (tertiary/aromatic N) is 4. The molecule has 0 spiro atoms. The molecule has 6 nitrogen and oxygen atoms in total. The van der Waals surface area contributed by atoms with Gasteiger partial charge in [-0.1, -0.05) is 23.7 Å². The molecule has 3 aromatic rings. The first-order valence-electron chi connectivity index (χ1n) is 8.58. The van der Waals surface area contributed by atoms with Gasteiger partial charge in [-0.15, -0.1) is 5.10 Å². The van der Waals surface area contributed by atoms with Gasteiger partial charge in [0.2, 0.25) is 0 Å². The van der Waals surface area contributed by atoms with Gasteiger partial charge in [0, 0.05) is 28.3 Å². The van der Waals surface area contributed by atoms with Crippen LogP contribution in [0.2, 0.25) is 5.02 Å². The molecule has 0 fully saturated rings. The fourth-order valence-electron chi connectivity index (χ4n) is 2.82. The van der Waals surface area contributed by atoms with Gasteiger partial charge in [0.15, 0.2) is 5.69 Å². The van der Waals surface area contributed by atoms with Gasteiger partial charge in [0.25, 0.3) is 5.56 Å². The van der Waals surface area contributed by atoms with E-state index >= 15 is 0 Å². The molecule has 3 rings (SSSR count). The molecule has 0 amide bonds. The SMILES string of the molecule is [CH2]C(CC)n1cc(OC)c(-c2cc(Cl)ccc2-n2cc(C(F)(F)F)nn2)cc1=O. The molecule has 10 heteroatoms. The molecule has 0 bridgehead atoms. The summed E-state index contributed by atoms with van der Waals surface area (Å²) in [4.78, 5) is 12.6. The summed E-state index contributed by atoms with van der Waals surface area (Å²) in [5.74, 6) is 0.339. The Morgan fingerprint density at radius 2 is 1.97 bits per heavy atom. The minimum absolute atomic E-state index is 0.259. The minimum Gasteiger partial charge on any atom is -0.495 e. The smallest absolute Gasteiger partial charge is 0.436 e. The maximum absolute atomic E-state index is 12.9. The molecule has 1 atom stereocenters. The lowest BCUT2D eigenvalue weighted by Crippen LogP contribution is -2.22. The van der Waals surface area contributed by atoms with Gasteiger partial charge in [0.1, 0.15) is 5.75 Å². The second-order valence-corrected chi connectivity index (χ2v) is 6.71. The van der Waals surface area contributed by atoms with Crippen LogP contribution in [0.15, 0.2) is 41.5 Å². The first-order chi connectivity index (χ1) is 13.7. The lowest BCUT2D eigenvalue weighted by molar-refractivity contribution is -0.141. The summed E-state index contributed by atoms with van der Waals surface area (Å²) in [5.41, 5.74) is -0.478. The molecule has 0 aliphatic rings. The van der Waals surface area contributed by atoms with Crippen molar-refractivity contribution in [3.05, 3.63) is 64.7 Å². The molecule has 2 aromatic heterocycles. The van der Waals surface area contributed by atoms with Crippen LogP contribution < -0.4 is 10.3 Å². The van der Waals surface area contributed by atoms with Crippen LogP contribution in [0.4, 0.5) is 13.2 Å². The fourth-order valence-corrected chi connectivity index (χ4v) is 2.99. The maximum Gasteiger partial charge on any atom is 0.436 e. The number of halogens is 4. The molecule has 0 aliphatic carbocycles. The Bertz CT molecular complexity index is 1090. The number of pyridine rings is 1. The number of hydrogen-bond donors (Lipinski definition) is 0. The third kappa shape index (κ3) is 4.14. The highest BCUT2D eigenvalue weighted by molar-refractivity contribution is 6.31. The van der Waals surface area contributed by atoms with E-state index in [1.807, 2.05) is 6.92 Å². The number of hydrogen-bond acceptors (Lipinski definition) is 4. The third-order valence-electron chi connectivity index (χ3n) is 4.41. The van der Waals surface area contributed by atoms with Crippen molar-refractivity contribution in [1.82, 2.24) is 19.6 Å². The average molecular weight is 426 g/mol. The Kier molecular flexibility index (Phi) is 5.70. The fraction of sp³-hybridized carbons (Fsp3) is 0.263.